The third kappa shape index (κ3) is 5.11. The quantitative estimate of drug-likeness (QED) is 0.763. The first-order valence-corrected chi connectivity index (χ1v) is 7.86. The van der Waals surface area contributed by atoms with E-state index in [2.05, 4.69) is 10.1 Å². The van der Waals surface area contributed by atoms with Gasteiger partial charge in [-0.3, -0.25) is 4.79 Å². The largest absolute Gasteiger partial charge is 0.482 e. The van der Waals surface area contributed by atoms with E-state index in [4.69, 9.17) is 10.5 Å². The maximum Gasteiger partial charge on any atom is 0.343 e. The number of benzene rings is 1. The van der Waals surface area contributed by atoms with Gasteiger partial charge in [0.15, 0.2) is 6.61 Å². The van der Waals surface area contributed by atoms with Crippen LogP contribution in [0.1, 0.15) is 24.8 Å². The second-order valence-electron chi connectivity index (χ2n) is 5.86. The molecule has 2 atom stereocenters. The van der Waals surface area contributed by atoms with Crippen LogP contribution in [-0.4, -0.2) is 32.1 Å². The Kier molecular flexibility index (Phi) is 8.01. The van der Waals surface area contributed by atoms with Gasteiger partial charge in [-0.05, 0) is 56.0 Å². The zero-order valence-electron chi connectivity index (χ0n) is 14.0. The van der Waals surface area contributed by atoms with E-state index in [-0.39, 0.29) is 36.8 Å². The molecule has 0 heterocycles. The van der Waals surface area contributed by atoms with Gasteiger partial charge in [-0.1, -0.05) is 6.42 Å². The van der Waals surface area contributed by atoms with Crippen molar-refractivity contribution in [2.24, 2.45) is 17.6 Å². The Bertz CT molecular complexity index is 580. The highest BCUT2D eigenvalue weighted by Crippen LogP contribution is 2.32. The number of rotatable bonds is 6. The molecule has 24 heavy (non-hydrogen) atoms. The van der Waals surface area contributed by atoms with E-state index in [1.807, 2.05) is 6.92 Å². The van der Waals surface area contributed by atoms with Gasteiger partial charge in [0.25, 0.3) is 0 Å². The van der Waals surface area contributed by atoms with Crippen LogP contribution >= 0.6 is 12.4 Å². The Morgan fingerprint density at radius 1 is 1.33 bits per heavy atom. The van der Waals surface area contributed by atoms with Crippen molar-refractivity contribution in [3.8, 4) is 5.75 Å². The van der Waals surface area contributed by atoms with Crippen molar-refractivity contribution in [1.29, 1.82) is 0 Å². The summed E-state index contributed by atoms with van der Waals surface area (Å²) in [5, 5.41) is 2.98. The average molecular weight is 357 g/mol. The molecule has 3 N–H and O–H groups in total. The Hall–Kier alpha value is -1.79. The maximum absolute atomic E-state index is 12.4. The Morgan fingerprint density at radius 2 is 2.08 bits per heavy atom. The molecule has 134 valence electrons. The third-order valence-electron chi connectivity index (χ3n) is 4.34. The lowest BCUT2D eigenvalue weighted by molar-refractivity contribution is -0.142. The van der Waals surface area contributed by atoms with Gasteiger partial charge >= 0.3 is 5.97 Å². The summed E-state index contributed by atoms with van der Waals surface area (Å²) < 4.78 is 9.85. The van der Waals surface area contributed by atoms with E-state index in [1.165, 1.54) is 7.11 Å². The summed E-state index contributed by atoms with van der Waals surface area (Å²) in [5.74, 6) is 0.428. The van der Waals surface area contributed by atoms with E-state index >= 15 is 0 Å². The first-order valence-electron chi connectivity index (χ1n) is 7.86. The van der Waals surface area contributed by atoms with Crippen molar-refractivity contribution in [3.05, 3.63) is 23.8 Å². The fourth-order valence-electron chi connectivity index (χ4n) is 2.96. The van der Waals surface area contributed by atoms with Crippen molar-refractivity contribution < 1.29 is 19.1 Å². The lowest BCUT2D eigenvalue weighted by atomic mass is 9.95. The number of hydrogen-bond acceptors (Lipinski definition) is 5. The molecule has 2 rings (SSSR count). The van der Waals surface area contributed by atoms with Crippen LogP contribution in [-0.2, 0) is 14.3 Å². The normalized spacial score (nSPS) is 19.3. The van der Waals surface area contributed by atoms with E-state index in [0.29, 0.717) is 12.3 Å². The number of carbonyl (C=O) groups is 2. The molecule has 1 aromatic rings. The molecule has 1 aliphatic carbocycles. The number of nitrogens with two attached hydrogens (primary N) is 1. The summed E-state index contributed by atoms with van der Waals surface area (Å²) in [5.41, 5.74) is 7.37. The molecule has 6 nitrogen and oxygen atoms in total. The highest BCUT2D eigenvalue weighted by Gasteiger charge is 2.32. The minimum Gasteiger partial charge on any atom is -0.482 e. The van der Waals surface area contributed by atoms with Gasteiger partial charge in [0.2, 0.25) is 5.91 Å². The van der Waals surface area contributed by atoms with Crippen LogP contribution in [0.5, 0.6) is 5.75 Å². The van der Waals surface area contributed by atoms with Crippen LogP contribution in [0.2, 0.25) is 0 Å². The van der Waals surface area contributed by atoms with Gasteiger partial charge < -0.3 is 20.5 Å². The summed E-state index contributed by atoms with van der Waals surface area (Å²) in [6, 6.07) is 5.29. The number of anilines is 1. The second-order valence-corrected chi connectivity index (χ2v) is 5.86. The highest BCUT2D eigenvalue weighted by atomic mass is 35.5. The predicted molar refractivity (Wildman–Crippen MR) is 94.5 cm³/mol. The number of aryl methyl sites for hydroxylation is 1. The first kappa shape index (κ1) is 20.3. The summed E-state index contributed by atoms with van der Waals surface area (Å²) in [7, 11) is 1.31. The fraction of sp³-hybridized carbons (Fsp3) is 0.529. The third-order valence-corrected chi connectivity index (χ3v) is 4.34. The number of methoxy groups -OCH3 is 1. The van der Waals surface area contributed by atoms with E-state index < -0.39 is 5.97 Å². The van der Waals surface area contributed by atoms with Gasteiger partial charge in [0.05, 0.1) is 7.11 Å². The molecule has 1 saturated carbocycles. The molecule has 0 aromatic heterocycles. The number of hydrogen-bond donors (Lipinski definition) is 2. The number of ether oxygens (including phenoxy) is 2. The van der Waals surface area contributed by atoms with Crippen LogP contribution in [0.4, 0.5) is 5.69 Å². The zero-order valence-corrected chi connectivity index (χ0v) is 14.9. The van der Waals surface area contributed by atoms with Gasteiger partial charge in [-0.2, -0.15) is 0 Å². The smallest absolute Gasteiger partial charge is 0.343 e. The Labute approximate surface area is 148 Å². The second kappa shape index (κ2) is 9.49. The Balaban J connectivity index is 0.00000288. The van der Waals surface area contributed by atoms with Crippen molar-refractivity contribution in [2.45, 2.75) is 26.2 Å². The van der Waals surface area contributed by atoms with Crippen LogP contribution in [0.3, 0.4) is 0 Å². The average Bonchev–Trinajstić information content (AvgIpc) is 3.03. The summed E-state index contributed by atoms with van der Waals surface area (Å²) in [6.07, 6.45) is 2.97. The maximum atomic E-state index is 12.4. The molecular weight excluding hydrogens is 332 g/mol. The lowest BCUT2D eigenvalue weighted by Crippen LogP contribution is -2.29. The fourth-order valence-corrected chi connectivity index (χ4v) is 2.96. The van der Waals surface area contributed by atoms with Crippen molar-refractivity contribution in [2.75, 3.05) is 25.6 Å². The minimum absolute atomic E-state index is 0. The highest BCUT2D eigenvalue weighted by molar-refractivity contribution is 5.93. The molecule has 0 unspecified atom stereocenters. The van der Waals surface area contributed by atoms with E-state index in [9.17, 15) is 9.59 Å². The molecular formula is C17H25ClN2O4. The number of halogens is 1. The molecule has 0 spiro atoms. The van der Waals surface area contributed by atoms with Crippen molar-refractivity contribution >= 4 is 30.0 Å². The number of esters is 1. The van der Waals surface area contributed by atoms with Crippen LogP contribution in [0.15, 0.2) is 18.2 Å². The van der Waals surface area contributed by atoms with Crippen LogP contribution < -0.4 is 15.8 Å². The topological polar surface area (TPSA) is 90.6 Å². The van der Waals surface area contributed by atoms with Gasteiger partial charge in [0, 0.05) is 11.6 Å². The van der Waals surface area contributed by atoms with Crippen LogP contribution in [0, 0.1) is 18.8 Å². The number of amides is 1. The lowest BCUT2D eigenvalue weighted by Gasteiger charge is -2.18. The molecule has 0 saturated heterocycles. The summed E-state index contributed by atoms with van der Waals surface area (Å²) in [4.78, 5) is 23.5. The molecule has 7 heteroatoms. The molecule has 1 fully saturated rings. The minimum atomic E-state index is -0.436. The molecule has 1 amide bonds. The van der Waals surface area contributed by atoms with Gasteiger partial charge in [0.1, 0.15) is 5.75 Å². The standard InChI is InChI=1S/C17H24N2O4.ClH/c1-11-8-13(23-10-16(20)22-2)6-7-15(11)19-17(21)14-5-3-4-12(14)9-18;/h6-8,12,14H,3-5,9-10,18H2,1-2H3,(H,19,21);1H/t12-,14-;/m1./s1. The van der Waals surface area contributed by atoms with E-state index in [1.54, 1.807) is 18.2 Å². The monoisotopic (exact) mass is 356 g/mol. The number of carbonyl (C=O) groups excluding carboxylic acids is 2. The molecule has 0 radical (unpaired) electrons. The molecule has 0 bridgehead atoms. The van der Waals surface area contributed by atoms with Gasteiger partial charge in [-0.15, -0.1) is 12.4 Å². The Morgan fingerprint density at radius 3 is 2.71 bits per heavy atom. The van der Waals surface area contributed by atoms with Crippen molar-refractivity contribution in [3.63, 3.8) is 0 Å². The molecule has 1 aromatic carbocycles. The zero-order chi connectivity index (χ0) is 16.8. The summed E-state index contributed by atoms with van der Waals surface area (Å²) in [6.45, 7) is 2.30. The molecule has 1 aliphatic rings. The van der Waals surface area contributed by atoms with Gasteiger partial charge in [-0.25, -0.2) is 4.79 Å². The number of nitrogens with one attached hydrogen (secondary N) is 1. The molecule has 0 aliphatic heterocycles. The van der Waals surface area contributed by atoms with E-state index in [0.717, 1.165) is 30.5 Å². The predicted octanol–water partition coefficient (Wildman–Crippen LogP) is 2.28. The van der Waals surface area contributed by atoms with Crippen molar-refractivity contribution in [1.82, 2.24) is 0 Å². The summed E-state index contributed by atoms with van der Waals surface area (Å²) >= 11 is 0. The first-order chi connectivity index (χ1) is 11.0. The SMILES string of the molecule is COC(=O)COc1ccc(NC(=O)[C@@H]2CCC[C@@H]2CN)c(C)c1.Cl. The van der Waals surface area contributed by atoms with Crippen LogP contribution in [0.25, 0.3) is 0 Å².